The first-order chi connectivity index (χ1) is 9.18. The molecule has 1 aliphatic rings. The van der Waals surface area contributed by atoms with Crippen molar-refractivity contribution in [1.82, 2.24) is 9.66 Å². The molecule has 0 atom stereocenters. The van der Waals surface area contributed by atoms with Gasteiger partial charge in [-0.1, -0.05) is 25.0 Å². The Bertz CT molecular complexity index is 599. The first kappa shape index (κ1) is 12.0. The molecule has 0 radical (unpaired) electrons. The first-order valence-corrected chi connectivity index (χ1v) is 6.56. The first-order valence-electron chi connectivity index (χ1n) is 6.56. The molecule has 1 heterocycles. The van der Waals surface area contributed by atoms with Crippen molar-refractivity contribution in [3.63, 3.8) is 0 Å². The summed E-state index contributed by atoms with van der Waals surface area (Å²) in [5, 5.41) is 0. The molecule has 19 heavy (non-hydrogen) atoms. The summed E-state index contributed by atoms with van der Waals surface area (Å²) in [7, 11) is 0. The molecule has 4 nitrogen and oxygen atoms in total. The van der Waals surface area contributed by atoms with Crippen molar-refractivity contribution in [3.05, 3.63) is 35.9 Å². The highest BCUT2D eigenvalue weighted by Gasteiger charge is 2.25. The molecule has 1 fully saturated rings. The third-order valence-corrected chi connectivity index (χ3v) is 3.82. The zero-order valence-corrected chi connectivity index (χ0v) is 10.6. The third-order valence-electron chi connectivity index (χ3n) is 3.82. The number of imidazole rings is 1. The fourth-order valence-corrected chi connectivity index (χ4v) is 2.79. The lowest BCUT2D eigenvalue weighted by Crippen LogP contribution is -2.17. The van der Waals surface area contributed by atoms with Crippen LogP contribution < -0.4 is 11.6 Å². The van der Waals surface area contributed by atoms with E-state index in [9.17, 15) is 4.39 Å². The Hall–Kier alpha value is -2.04. The SMILES string of the molecule is Nc1c(-c2ccccc2F)nc(C2CCCC2)n1N. The van der Waals surface area contributed by atoms with E-state index in [-0.39, 0.29) is 5.82 Å². The number of anilines is 1. The van der Waals surface area contributed by atoms with Gasteiger partial charge in [-0.2, -0.15) is 0 Å². The van der Waals surface area contributed by atoms with Crippen molar-refractivity contribution < 1.29 is 4.39 Å². The van der Waals surface area contributed by atoms with Crippen LogP contribution >= 0.6 is 0 Å². The molecule has 0 saturated heterocycles. The minimum Gasteiger partial charge on any atom is -0.382 e. The summed E-state index contributed by atoms with van der Waals surface area (Å²) in [5.41, 5.74) is 6.83. The molecular formula is C14H17FN4. The van der Waals surface area contributed by atoms with Crippen LogP contribution in [0.1, 0.15) is 37.4 Å². The van der Waals surface area contributed by atoms with E-state index in [0.717, 1.165) is 18.7 Å². The van der Waals surface area contributed by atoms with E-state index in [4.69, 9.17) is 11.6 Å². The van der Waals surface area contributed by atoms with Crippen molar-refractivity contribution >= 4 is 5.82 Å². The van der Waals surface area contributed by atoms with Crippen LogP contribution in [0.5, 0.6) is 0 Å². The number of benzene rings is 1. The van der Waals surface area contributed by atoms with E-state index < -0.39 is 0 Å². The van der Waals surface area contributed by atoms with E-state index in [1.54, 1.807) is 18.2 Å². The summed E-state index contributed by atoms with van der Waals surface area (Å²) in [6.07, 6.45) is 4.52. The maximum atomic E-state index is 13.8. The summed E-state index contributed by atoms with van der Waals surface area (Å²) in [6.45, 7) is 0. The van der Waals surface area contributed by atoms with Crippen LogP contribution in [0, 0.1) is 5.82 Å². The number of aromatic nitrogens is 2. The Morgan fingerprint density at radius 1 is 1.21 bits per heavy atom. The predicted octanol–water partition coefficient (Wildman–Crippen LogP) is 2.64. The van der Waals surface area contributed by atoms with Crippen LogP contribution in [0.15, 0.2) is 24.3 Å². The number of hydrogen-bond donors (Lipinski definition) is 2. The van der Waals surface area contributed by atoms with Gasteiger partial charge in [0.05, 0.1) is 0 Å². The van der Waals surface area contributed by atoms with Gasteiger partial charge < -0.3 is 11.6 Å². The second-order valence-corrected chi connectivity index (χ2v) is 5.04. The lowest BCUT2D eigenvalue weighted by molar-refractivity contribution is 0.630. The molecule has 5 heteroatoms. The molecule has 1 saturated carbocycles. The van der Waals surface area contributed by atoms with Crippen molar-refractivity contribution in [2.24, 2.45) is 0 Å². The van der Waals surface area contributed by atoms with Gasteiger partial charge in [0.1, 0.15) is 17.3 Å². The van der Waals surface area contributed by atoms with Crippen molar-refractivity contribution in [2.75, 3.05) is 11.6 Å². The Morgan fingerprint density at radius 2 is 1.89 bits per heavy atom. The van der Waals surface area contributed by atoms with E-state index in [2.05, 4.69) is 4.98 Å². The monoisotopic (exact) mass is 260 g/mol. The highest BCUT2D eigenvalue weighted by atomic mass is 19.1. The number of nitrogens with zero attached hydrogens (tertiary/aromatic N) is 2. The fraction of sp³-hybridized carbons (Fsp3) is 0.357. The highest BCUT2D eigenvalue weighted by Crippen LogP contribution is 2.36. The van der Waals surface area contributed by atoms with Crippen LogP contribution in [0.25, 0.3) is 11.3 Å². The molecular weight excluding hydrogens is 243 g/mol. The van der Waals surface area contributed by atoms with Gasteiger partial charge >= 0.3 is 0 Å². The molecule has 1 aliphatic carbocycles. The average molecular weight is 260 g/mol. The van der Waals surface area contributed by atoms with Crippen molar-refractivity contribution in [3.8, 4) is 11.3 Å². The van der Waals surface area contributed by atoms with Gasteiger partial charge in [0.2, 0.25) is 0 Å². The molecule has 0 amide bonds. The summed E-state index contributed by atoms with van der Waals surface area (Å²) in [4.78, 5) is 4.50. The maximum absolute atomic E-state index is 13.8. The van der Waals surface area contributed by atoms with Gasteiger partial charge in [0, 0.05) is 11.5 Å². The van der Waals surface area contributed by atoms with Crippen LogP contribution in [-0.2, 0) is 0 Å². The Morgan fingerprint density at radius 3 is 2.58 bits per heavy atom. The minimum absolute atomic E-state index is 0.326. The van der Waals surface area contributed by atoms with Crippen molar-refractivity contribution in [1.29, 1.82) is 0 Å². The van der Waals surface area contributed by atoms with Gasteiger partial charge in [0.25, 0.3) is 0 Å². The van der Waals surface area contributed by atoms with Crippen LogP contribution in [0.2, 0.25) is 0 Å². The summed E-state index contributed by atoms with van der Waals surface area (Å²) >= 11 is 0. The predicted molar refractivity (Wildman–Crippen MR) is 73.4 cm³/mol. The largest absolute Gasteiger partial charge is 0.382 e. The topological polar surface area (TPSA) is 69.9 Å². The second kappa shape index (κ2) is 4.57. The van der Waals surface area contributed by atoms with E-state index in [1.807, 2.05) is 0 Å². The number of rotatable bonds is 2. The molecule has 1 aromatic heterocycles. The average Bonchev–Trinajstić information content (AvgIpc) is 3.02. The van der Waals surface area contributed by atoms with Crippen LogP contribution in [-0.4, -0.2) is 9.66 Å². The summed E-state index contributed by atoms with van der Waals surface area (Å²) < 4.78 is 15.2. The molecule has 2 aromatic rings. The van der Waals surface area contributed by atoms with Gasteiger partial charge in [-0.15, -0.1) is 0 Å². The molecule has 0 bridgehead atoms. The Labute approximate surface area is 111 Å². The molecule has 1 aromatic carbocycles. The normalized spacial score (nSPS) is 16.1. The Balaban J connectivity index is 2.08. The van der Waals surface area contributed by atoms with Gasteiger partial charge in [-0.25, -0.2) is 14.1 Å². The van der Waals surface area contributed by atoms with Crippen LogP contribution in [0.4, 0.5) is 10.2 Å². The minimum atomic E-state index is -0.328. The summed E-state index contributed by atoms with van der Waals surface area (Å²) in [5.74, 6) is 7.09. The Kier molecular flexibility index (Phi) is 2.89. The quantitative estimate of drug-likeness (QED) is 0.815. The van der Waals surface area contributed by atoms with E-state index in [0.29, 0.717) is 23.0 Å². The number of nitrogen functional groups attached to an aromatic ring is 2. The van der Waals surface area contributed by atoms with Crippen LogP contribution in [0.3, 0.4) is 0 Å². The number of hydrogen-bond acceptors (Lipinski definition) is 3. The lowest BCUT2D eigenvalue weighted by atomic mass is 10.1. The maximum Gasteiger partial charge on any atom is 0.150 e. The molecule has 0 unspecified atom stereocenters. The van der Waals surface area contributed by atoms with Gasteiger partial charge in [0.15, 0.2) is 5.82 Å². The van der Waals surface area contributed by atoms with Gasteiger partial charge in [-0.3, -0.25) is 0 Å². The molecule has 0 aliphatic heterocycles. The zero-order valence-electron chi connectivity index (χ0n) is 10.6. The fourth-order valence-electron chi connectivity index (χ4n) is 2.79. The summed E-state index contributed by atoms with van der Waals surface area (Å²) in [6, 6.07) is 6.49. The smallest absolute Gasteiger partial charge is 0.150 e. The molecule has 3 rings (SSSR count). The zero-order chi connectivity index (χ0) is 13.4. The third kappa shape index (κ3) is 1.95. The second-order valence-electron chi connectivity index (χ2n) is 5.04. The van der Waals surface area contributed by atoms with E-state index in [1.165, 1.54) is 23.6 Å². The number of nitrogens with two attached hydrogens (primary N) is 2. The molecule has 0 spiro atoms. The molecule has 100 valence electrons. The standard InChI is InChI=1S/C14H17FN4/c15-11-8-4-3-7-10(11)12-13(16)19(17)14(18-12)9-5-1-2-6-9/h3-4,7-9H,1-2,5-6,16-17H2. The van der Waals surface area contributed by atoms with Gasteiger partial charge in [-0.05, 0) is 25.0 Å². The van der Waals surface area contributed by atoms with Crippen molar-refractivity contribution in [2.45, 2.75) is 31.6 Å². The highest BCUT2D eigenvalue weighted by molar-refractivity contribution is 5.71. The van der Waals surface area contributed by atoms with E-state index >= 15 is 0 Å². The molecule has 4 N–H and O–H groups in total. The number of halogens is 1. The lowest BCUT2D eigenvalue weighted by Gasteiger charge is -2.08.